The van der Waals surface area contributed by atoms with E-state index in [1.165, 1.54) is 6.07 Å². The topological polar surface area (TPSA) is 35.0 Å². The summed E-state index contributed by atoms with van der Waals surface area (Å²) in [4.78, 5) is 0. The number of hydrogen-bond donors (Lipinski definition) is 0. The van der Waals surface area contributed by atoms with E-state index in [1.807, 2.05) is 0 Å². The zero-order valence-corrected chi connectivity index (χ0v) is 11.9. The summed E-state index contributed by atoms with van der Waals surface area (Å²) in [6, 6.07) is 3.06. The molecule has 0 bridgehead atoms. The van der Waals surface area contributed by atoms with Crippen molar-refractivity contribution < 1.29 is 4.74 Å². The molecule has 0 spiro atoms. The van der Waals surface area contributed by atoms with Gasteiger partial charge in [-0.25, -0.2) is 0 Å². The lowest BCUT2D eigenvalue weighted by Gasteiger charge is -2.07. The largest absolute Gasteiger partial charge is 0.486 e. The molecule has 0 saturated carbocycles. The maximum atomic E-state index is 5.95. The average Bonchev–Trinajstić information content (AvgIpc) is 2.68. The first kappa shape index (κ1) is 13.2. The monoisotopic (exact) mass is 328 g/mol. The van der Waals surface area contributed by atoms with E-state index in [-0.39, 0.29) is 6.61 Å². The second-order valence-corrected chi connectivity index (χ2v) is 5.56. The molecule has 0 aliphatic carbocycles. The summed E-state index contributed by atoms with van der Waals surface area (Å²) in [6.07, 6.45) is 0. The minimum atomic E-state index is 0.174. The minimum Gasteiger partial charge on any atom is -0.486 e. The number of aromatic nitrogens is 2. The Kier molecular flexibility index (Phi) is 4.33. The second kappa shape index (κ2) is 5.59. The highest BCUT2D eigenvalue weighted by atomic mass is 35.5. The van der Waals surface area contributed by atoms with Crippen LogP contribution in [0.25, 0.3) is 0 Å². The lowest BCUT2D eigenvalue weighted by Crippen LogP contribution is -1.97. The molecule has 0 unspecified atom stereocenters. The number of halogens is 4. The predicted molar refractivity (Wildman–Crippen MR) is 70.7 cm³/mol. The first-order chi connectivity index (χ1) is 8.08. The zero-order valence-electron chi connectivity index (χ0n) is 8.08. The number of nitrogens with zero attached hydrogens (tertiary/aromatic N) is 2. The molecule has 1 heterocycles. The molecule has 2 rings (SSSR count). The van der Waals surface area contributed by atoms with Gasteiger partial charge in [-0.15, -0.1) is 5.10 Å². The Morgan fingerprint density at radius 3 is 2.41 bits per heavy atom. The summed E-state index contributed by atoms with van der Waals surface area (Å²) in [5.74, 6) is 0.421. The van der Waals surface area contributed by atoms with E-state index in [4.69, 9.17) is 51.1 Å². The molecular formula is C9H4Cl4N2OS. The highest BCUT2D eigenvalue weighted by molar-refractivity contribution is 7.10. The zero-order chi connectivity index (χ0) is 12.4. The molecule has 3 nitrogen and oxygen atoms in total. The fraction of sp³-hybridized carbons (Fsp3) is 0.111. The van der Waals surface area contributed by atoms with Crippen LogP contribution in [0.1, 0.15) is 5.69 Å². The van der Waals surface area contributed by atoms with Crippen LogP contribution < -0.4 is 4.74 Å². The van der Waals surface area contributed by atoms with Crippen molar-refractivity contribution in [1.82, 2.24) is 9.59 Å². The summed E-state index contributed by atoms with van der Waals surface area (Å²) >= 11 is 24.5. The van der Waals surface area contributed by atoms with Gasteiger partial charge in [-0.3, -0.25) is 0 Å². The van der Waals surface area contributed by atoms with Gasteiger partial charge < -0.3 is 4.74 Å². The van der Waals surface area contributed by atoms with Crippen LogP contribution in [-0.4, -0.2) is 9.59 Å². The van der Waals surface area contributed by atoms with Gasteiger partial charge in [0.15, 0.2) is 0 Å². The van der Waals surface area contributed by atoms with Gasteiger partial charge in [-0.1, -0.05) is 50.9 Å². The Morgan fingerprint density at radius 1 is 1.06 bits per heavy atom. The molecule has 1 aromatic heterocycles. The van der Waals surface area contributed by atoms with Gasteiger partial charge >= 0.3 is 0 Å². The SMILES string of the molecule is Clc1cc(Cl)c(OCc2nnsc2Cl)cc1Cl. The smallest absolute Gasteiger partial charge is 0.141 e. The molecule has 2 aromatic rings. The molecule has 0 N–H and O–H groups in total. The quantitative estimate of drug-likeness (QED) is 0.763. The summed E-state index contributed by atoms with van der Waals surface area (Å²) in [6.45, 7) is 0.174. The normalized spacial score (nSPS) is 10.6. The van der Waals surface area contributed by atoms with Crippen LogP contribution in [0.5, 0.6) is 5.75 Å². The van der Waals surface area contributed by atoms with Crippen molar-refractivity contribution in [3.8, 4) is 5.75 Å². The van der Waals surface area contributed by atoms with Crippen molar-refractivity contribution >= 4 is 57.9 Å². The Morgan fingerprint density at radius 2 is 1.76 bits per heavy atom. The van der Waals surface area contributed by atoms with Crippen molar-refractivity contribution in [2.45, 2.75) is 6.61 Å². The van der Waals surface area contributed by atoms with Gasteiger partial charge in [0.05, 0.1) is 15.1 Å². The van der Waals surface area contributed by atoms with Crippen LogP contribution in [0.15, 0.2) is 12.1 Å². The molecule has 0 fully saturated rings. The van der Waals surface area contributed by atoms with Crippen LogP contribution in [-0.2, 0) is 6.61 Å². The minimum absolute atomic E-state index is 0.174. The molecule has 0 atom stereocenters. The fourth-order valence-corrected chi connectivity index (χ4v) is 2.24. The van der Waals surface area contributed by atoms with Gasteiger partial charge in [0, 0.05) is 17.6 Å². The van der Waals surface area contributed by atoms with Crippen molar-refractivity contribution in [2.75, 3.05) is 0 Å². The summed E-state index contributed by atoms with van der Waals surface area (Å²) in [5.41, 5.74) is 0.554. The van der Waals surface area contributed by atoms with E-state index in [1.54, 1.807) is 6.07 Å². The van der Waals surface area contributed by atoms with E-state index in [0.29, 0.717) is 30.8 Å². The lowest BCUT2D eigenvalue weighted by molar-refractivity contribution is 0.301. The molecule has 0 aliphatic rings. The Bertz CT molecular complexity index is 546. The fourth-order valence-electron chi connectivity index (χ4n) is 1.04. The van der Waals surface area contributed by atoms with E-state index < -0.39 is 0 Å². The third-order valence-corrected chi connectivity index (χ3v) is 3.85. The van der Waals surface area contributed by atoms with Crippen molar-refractivity contribution in [2.24, 2.45) is 0 Å². The standard InChI is InChI=1S/C9H4Cl4N2OS/c10-4-1-6(12)8(2-5(4)11)16-3-7-9(13)17-15-14-7/h1-2H,3H2. The van der Waals surface area contributed by atoms with Crippen LogP contribution >= 0.6 is 57.9 Å². The van der Waals surface area contributed by atoms with Gasteiger partial charge in [0.25, 0.3) is 0 Å². The highest BCUT2D eigenvalue weighted by Crippen LogP contribution is 2.34. The van der Waals surface area contributed by atoms with Gasteiger partial charge in [0.2, 0.25) is 0 Å². The first-order valence-corrected chi connectivity index (χ1v) is 6.60. The van der Waals surface area contributed by atoms with E-state index in [2.05, 4.69) is 9.59 Å². The van der Waals surface area contributed by atoms with Crippen molar-refractivity contribution in [3.63, 3.8) is 0 Å². The third kappa shape index (κ3) is 3.14. The van der Waals surface area contributed by atoms with Crippen LogP contribution in [0.4, 0.5) is 0 Å². The molecule has 1 aromatic carbocycles. The van der Waals surface area contributed by atoms with Crippen LogP contribution in [0, 0.1) is 0 Å². The predicted octanol–water partition coefficient (Wildman–Crippen LogP) is 4.73. The number of hydrogen-bond acceptors (Lipinski definition) is 4. The average molecular weight is 330 g/mol. The number of ether oxygens (including phenoxy) is 1. The molecule has 90 valence electrons. The van der Waals surface area contributed by atoms with Crippen molar-refractivity contribution in [1.29, 1.82) is 0 Å². The first-order valence-electron chi connectivity index (χ1n) is 4.32. The Balaban J connectivity index is 2.14. The van der Waals surface area contributed by atoms with Gasteiger partial charge in [-0.05, 0) is 6.07 Å². The van der Waals surface area contributed by atoms with Gasteiger partial charge in [-0.2, -0.15) is 0 Å². The molecule has 0 amide bonds. The molecule has 0 aliphatic heterocycles. The maximum Gasteiger partial charge on any atom is 0.141 e. The van der Waals surface area contributed by atoms with Crippen molar-refractivity contribution in [3.05, 3.63) is 37.2 Å². The van der Waals surface area contributed by atoms with E-state index >= 15 is 0 Å². The Hall–Kier alpha value is -0.260. The molecule has 8 heteroatoms. The Labute approximate surface area is 121 Å². The summed E-state index contributed by atoms with van der Waals surface area (Å²) < 4.78 is 9.62. The third-order valence-electron chi connectivity index (χ3n) is 1.85. The second-order valence-electron chi connectivity index (χ2n) is 2.98. The van der Waals surface area contributed by atoms with E-state index in [0.717, 1.165) is 11.5 Å². The lowest BCUT2D eigenvalue weighted by atomic mass is 10.3. The highest BCUT2D eigenvalue weighted by Gasteiger charge is 2.10. The molecule has 0 saturated heterocycles. The summed E-state index contributed by atoms with van der Waals surface area (Å²) in [7, 11) is 0. The number of benzene rings is 1. The molecule has 0 radical (unpaired) electrons. The van der Waals surface area contributed by atoms with Crippen LogP contribution in [0.2, 0.25) is 19.4 Å². The molecular weight excluding hydrogens is 326 g/mol. The van der Waals surface area contributed by atoms with Gasteiger partial charge in [0.1, 0.15) is 22.4 Å². The van der Waals surface area contributed by atoms with Crippen LogP contribution in [0.3, 0.4) is 0 Å². The van der Waals surface area contributed by atoms with E-state index in [9.17, 15) is 0 Å². The molecule has 17 heavy (non-hydrogen) atoms. The maximum absolute atomic E-state index is 5.95. The summed E-state index contributed by atoms with van der Waals surface area (Å²) in [5, 5.41) is 4.93. The number of rotatable bonds is 3.